The molecule has 0 bridgehead atoms. The summed E-state index contributed by atoms with van der Waals surface area (Å²) in [5.41, 5.74) is 2.80. The summed E-state index contributed by atoms with van der Waals surface area (Å²) >= 11 is 1.46. The van der Waals surface area contributed by atoms with Crippen LogP contribution in [0.5, 0.6) is 0 Å². The van der Waals surface area contributed by atoms with E-state index in [0.717, 1.165) is 15.8 Å². The van der Waals surface area contributed by atoms with E-state index in [0.29, 0.717) is 22.6 Å². The Balaban J connectivity index is 1.67. The average Bonchev–Trinajstić information content (AvgIpc) is 3.10. The van der Waals surface area contributed by atoms with E-state index in [-0.39, 0.29) is 4.90 Å². The number of hydrogen-bond donors (Lipinski definition) is 1. The van der Waals surface area contributed by atoms with E-state index in [1.807, 2.05) is 30.5 Å². The molecule has 6 nitrogen and oxygen atoms in total. The zero-order valence-electron chi connectivity index (χ0n) is 17.1. The molecule has 0 unspecified atom stereocenters. The normalized spacial score (nSPS) is 12.3. The monoisotopic (exact) mass is 451 g/mol. The number of hydrogen-bond acceptors (Lipinski definition) is 4. The quantitative estimate of drug-likeness (QED) is 0.483. The van der Waals surface area contributed by atoms with Crippen LogP contribution >= 0.6 is 11.3 Å². The van der Waals surface area contributed by atoms with Gasteiger partial charge in [-0.1, -0.05) is 41.7 Å². The zero-order valence-corrected chi connectivity index (χ0v) is 18.7. The molecule has 158 valence electrons. The molecule has 0 aliphatic rings. The van der Waals surface area contributed by atoms with Gasteiger partial charge in [0.1, 0.15) is 0 Å². The first-order valence-electron chi connectivity index (χ1n) is 9.74. The molecule has 0 aliphatic carbocycles. The maximum atomic E-state index is 12.9. The van der Waals surface area contributed by atoms with Crippen LogP contribution in [0.4, 0.5) is 5.69 Å². The Kier molecular flexibility index (Phi) is 5.75. The molecule has 31 heavy (non-hydrogen) atoms. The molecule has 0 aliphatic heterocycles. The van der Waals surface area contributed by atoms with Gasteiger partial charge in [0.05, 0.1) is 15.1 Å². The van der Waals surface area contributed by atoms with Crippen molar-refractivity contribution in [3.63, 3.8) is 0 Å². The minimum atomic E-state index is -3.74. The Hall–Kier alpha value is -3.23. The highest BCUT2D eigenvalue weighted by Gasteiger charge is 2.15. The van der Waals surface area contributed by atoms with Crippen LogP contribution in [-0.4, -0.2) is 18.9 Å². The molecule has 0 saturated heterocycles. The maximum absolute atomic E-state index is 12.9. The number of rotatable bonds is 5. The van der Waals surface area contributed by atoms with Gasteiger partial charge in [-0.2, -0.15) is 4.99 Å². The van der Waals surface area contributed by atoms with Gasteiger partial charge in [0.15, 0.2) is 4.80 Å². The van der Waals surface area contributed by atoms with Crippen molar-refractivity contribution < 1.29 is 13.2 Å². The smallest absolute Gasteiger partial charge is 0.279 e. The third kappa shape index (κ3) is 4.45. The Labute approximate surface area is 184 Å². The molecule has 1 aromatic heterocycles. The van der Waals surface area contributed by atoms with Crippen molar-refractivity contribution in [1.29, 1.82) is 0 Å². The van der Waals surface area contributed by atoms with Crippen molar-refractivity contribution in [2.75, 3.05) is 4.72 Å². The van der Waals surface area contributed by atoms with E-state index >= 15 is 0 Å². The molecule has 0 saturated carbocycles. The number of carbonyl (C=O) groups excluding carboxylic acids is 1. The van der Waals surface area contributed by atoms with Gasteiger partial charge in [0.25, 0.3) is 15.9 Å². The van der Waals surface area contributed by atoms with Crippen LogP contribution in [-0.2, 0) is 16.6 Å². The zero-order chi connectivity index (χ0) is 22.0. The van der Waals surface area contributed by atoms with E-state index in [1.165, 1.54) is 29.5 Å². The number of fused-ring (bicyclic) bond motifs is 1. The van der Waals surface area contributed by atoms with E-state index in [9.17, 15) is 13.2 Å². The fourth-order valence-corrected chi connectivity index (χ4v) is 5.51. The third-order valence-corrected chi connectivity index (χ3v) is 7.21. The number of aryl methyl sites for hydroxylation is 2. The standard InChI is InChI=1S/C23H21N3O3S2/c1-3-26-20-13-12-16(2)14-21(20)30-23(26)24-22(27)17-8-7-9-18(15-17)25-31(28,29)19-10-5-4-6-11-19/h4-15,25H,3H2,1-2H3. The second-order valence-corrected chi connectivity index (χ2v) is 9.71. The Bertz CT molecular complexity index is 1440. The number of thiazole rings is 1. The number of amides is 1. The molecule has 0 atom stereocenters. The van der Waals surface area contributed by atoms with Crippen molar-refractivity contribution in [3.05, 3.63) is 88.7 Å². The molecule has 0 fully saturated rings. The van der Waals surface area contributed by atoms with Gasteiger partial charge in [0.2, 0.25) is 0 Å². The van der Waals surface area contributed by atoms with Crippen molar-refractivity contribution >= 4 is 43.2 Å². The lowest BCUT2D eigenvalue weighted by molar-refractivity contribution is 0.0998. The van der Waals surface area contributed by atoms with Crippen molar-refractivity contribution in [1.82, 2.24) is 4.57 Å². The van der Waals surface area contributed by atoms with Crippen LogP contribution < -0.4 is 9.52 Å². The van der Waals surface area contributed by atoms with Crippen molar-refractivity contribution in [3.8, 4) is 0 Å². The summed E-state index contributed by atoms with van der Waals surface area (Å²) < 4.78 is 30.7. The Morgan fingerprint density at radius 2 is 1.81 bits per heavy atom. The van der Waals surface area contributed by atoms with Gasteiger partial charge < -0.3 is 4.57 Å². The first-order valence-corrected chi connectivity index (χ1v) is 12.0. The SMILES string of the molecule is CCn1c(=NC(=O)c2cccc(NS(=O)(=O)c3ccccc3)c2)sc2cc(C)ccc21. The fraction of sp³-hybridized carbons (Fsp3) is 0.130. The van der Waals surface area contributed by atoms with E-state index in [2.05, 4.69) is 15.8 Å². The predicted molar refractivity (Wildman–Crippen MR) is 124 cm³/mol. The van der Waals surface area contributed by atoms with Crippen LogP contribution in [0, 0.1) is 6.92 Å². The van der Waals surface area contributed by atoms with Crippen LogP contribution in [0.1, 0.15) is 22.8 Å². The third-order valence-electron chi connectivity index (χ3n) is 4.77. The second-order valence-electron chi connectivity index (χ2n) is 7.02. The van der Waals surface area contributed by atoms with Gasteiger partial charge in [-0.25, -0.2) is 8.42 Å². The summed E-state index contributed by atoms with van der Waals surface area (Å²) in [4.78, 5) is 18.0. The minimum absolute atomic E-state index is 0.154. The molecule has 1 amide bonds. The number of nitrogens with zero attached hydrogens (tertiary/aromatic N) is 2. The molecule has 3 aromatic carbocycles. The molecular formula is C23H21N3O3S2. The highest BCUT2D eigenvalue weighted by molar-refractivity contribution is 7.92. The van der Waals surface area contributed by atoms with E-state index < -0.39 is 15.9 Å². The number of anilines is 1. The van der Waals surface area contributed by atoms with Crippen LogP contribution in [0.25, 0.3) is 10.2 Å². The van der Waals surface area contributed by atoms with Crippen LogP contribution in [0.3, 0.4) is 0 Å². The largest absolute Gasteiger partial charge is 0.317 e. The summed E-state index contributed by atoms with van der Waals surface area (Å²) in [5, 5.41) is 0. The lowest BCUT2D eigenvalue weighted by atomic mass is 10.2. The van der Waals surface area contributed by atoms with Gasteiger partial charge in [-0.05, 0) is 61.9 Å². The molecular weight excluding hydrogens is 430 g/mol. The Morgan fingerprint density at radius 1 is 1.03 bits per heavy atom. The fourth-order valence-electron chi connectivity index (χ4n) is 3.25. The first-order chi connectivity index (χ1) is 14.9. The van der Waals surface area contributed by atoms with Crippen molar-refractivity contribution in [2.45, 2.75) is 25.3 Å². The maximum Gasteiger partial charge on any atom is 0.279 e. The number of carbonyl (C=O) groups is 1. The summed E-state index contributed by atoms with van der Waals surface area (Å²) in [7, 11) is -3.74. The van der Waals surface area contributed by atoms with Crippen LogP contribution in [0.15, 0.2) is 82.7 Å². The molecule has 4 aromatic rings. The Morgan fingerprint density at radius 3 is 2.55 bits per heavy atom. The van der Waals surface area contributed by atoms with Crippen molar-refractivity contribution in [2.24, 2.45) is 4.99 Å². The van der Waals surface area contributed by atoms with Crippen LogP contribution in [0.2, 0.25) is 0 Å². The number of nitrogens with one attached hydrogen (secondary N) is 1. The summed E-state index contributed by atoms with van der Waals surface area (Å²) in [6, 6.07) is 20.6. The number of sulfonamides is 1. The molecule has 4 rings (SSSR count). The second kappa shape index (κ2) is 8.49. The van der Waals surface area contributed by atoms with E-state index in [4.69, 9.17) is 0 Å². The van der Waals surface area contributed by atoms with Gasteiger partial charge in [0, 0.05) is 17.8 Å². The summed E-state index contributed by atoms with van der Waals surface area (Å²) in [5.74, 6) is -0.425. The topological polar surface area (TPSA) is 80.5 Å². The molecule has 0 radical (unpaired) electrons. The molecule has 1 heterocycles. The van der Waals surface area contributed by atoms with E-state index in [1.54, 1.807) is 36.4 Å². The number of benzene rings is 3. The minimum Gasteiger partial charge on any atom is -0.317 e. The summed E-state index contributed by atoms with van der Waals surface area (Å²) in [6.07, 6.45) is 0. The summed E-state index contributed by atoms with van der Waals surface area (Å²) in [6.45, 7) is 4.72. The molecule has 8 heteroatoms. The molecule has 1 N–H and O–H groups in total. The highest BCUT2D eigenvalue weighted by Crippen LogP contribution is 2.20. The number of aromatic nitrogens is 1. The highest BCUT2D eigenvalue weighted by atomic mass is 32.2. The predicted octanol–water partition coefficient (Wildman–Crippen LogP) is 4.57. The molecule has 0 spiro atoms. The lowest BCUT2D eigenvalue weighted by Gasteiger charge is -2.08. The van der Waals surface area contributed by atoms with Gasteiger partial charge >= 0.3 is 0 Å². The average molecular weight is 452 g/mol. The van der Waals surface area contributed by atoms with Gasteiger partial charge in [-0.15, -0.1) is 0 Å². The van der Waals surface area contributed by atoms with Gasteiger partial charge in [-0.3, -0.25) is 9.52 Å². The lowest BCUT2D eigenvalue weighted by Crippen LogP contribution is -2.16. The first kappa shape index (κ1) is 21.0.